The molecule has 26 heavy (non-hydrogen) atoms. The van der Waals surface area contributed by atoms with Crippen molar-refractivity contribution in [3.05, 3.63) is 74.6 Å². The van der Waals surface area contributed by atoms with Gasteiger partial charge in [0.25, 0.3) is 5.69 Å². The highest BCUT2D eigenvalue weighted by molar-refractivity contribution is 5.89. The first kappa shape index (κ1) is 17.3. The molecule has 2 aromatic rings. The highest BCUT2D eigenvalue weighted by Crippen LogP contribution is 2.25. The van der Waals surface area contributed by atoms with Gasteiger partial charge in [0.15, 0.2) is 11.6 Å². The van der Waals surface area contributed by atoms with Crippen LogP contribution in [-0.2, 0) is 4.74 Å². The maximum atomic E-state index is 13.5. The van der Waals surface area contributed by atoms with Crippen molar-refractivity contribution < 1.29 is 18.8 Å². The monoisotopic (exact) mass is 360 g/mol. The van der Waals surface area contributed by atoms with E-state index >= 15 is 0 Å². The Bertz CT molecular complexity index is 954. The van der Waals surface area contributed by atoms with E-state index < -0.39 is 40.4 Å². The third kappa shape index (κ3) is 3.43. The zero-order valence-corrected chi connectivity index (χ0v) is 13.2. The lowest BCUT2D eigenvalue weighted by Crippen LogP contribution is -2.28. The number of hydrogen-bond donors (Lipinski definition) is 1. The molecule has 9 nitrogen and oxygen atoms in total. The Morgan fingerprint density at radius 3 is 2.69 bits per heavy atom. The van der Waals surface area contributed by atoms with Crippen LogP contribution in [0.5, 0.6) is 0 Å². The third-order valence-corrected chi connectivity index (χ3v) is 3.89. The first-order chi connectivity index (χ1) is 12.3. The molecular formula is C16H13FN4O5. The van der Waals surface area contributed by atoms with Crippen LogP contribution in [0.4, 0.5) is 15.9 Å². The Morgan fingerprint density at radius 2 is 2.04 bits per heavy atom. The minimum absolute atomic E-state index is 0.139. The van der Waals surface area contributed by atoms with Crippen molar-refractivity contribution in [2.24, 2.45) is 0 Å². The maximum Gasteiger partial charge on any atom is 0.350 e. The van der Waals surface area contributed by atoms with Crippen LogP contribution < -0.4 is 11.4 Å². The summed E-state index contributed by atoms with van der Waals surface area (Å²) in [6.07, 6.45) is 3.74. The lowest BCUT2D eigenvalue weighted by atomic mass is 10.2. The summed E-state index contributed by atoms with van der Waals surface area (Å²) in [5.74, 6) is -1.96. The topological polar surface area (TPSA) is 130 Å². The van der Waals surface area contributed by atoms with Gasteiger partial charge < -0.3 is 10.5 Å². The molecule has 3 rings (SSSR count). The number of nitro benzene ring substituents is 1. The SMILES string of the molecule is Nc1nc(=O)n([C@@H]2C=C[C@H](OC(=O)c3ccc([N+](=O)[O-])cc3)C2)cc1F. The fourth-order valence-corrected chi connectivity index (χ4v) is 2.56. The summed E-state index contributed by atoms with van der Waals surface area (Å²) in [5, 5.41) is 10.6. The highest BCUT2D eigenvalue weighted by atomic mass is 19.1. The summed E-state index contributed by atoms with van der Waals surface area (Å²) >= 11 is 0. The molecule has 1 heterocycles. The first-order valence-corrected chi connectivity index (χ1v) is 7.53. The number of halogens is 1. The van der Waals surface area contributed by atoms with Crippen LogP contribution in [0.2, 0.25) is 0 Å². The summed E-state index contributed by atoms with van der Waals surface area (Å²) in [5.41, 5.74) is 4.56. The molecule has 0 unspecified atom stereocenters. The number of hydrogen-bond acceptors (Lipinski definition) is 7. The fourth-order valence-electron chi connectivity index (χ4n) is 2.56. The standard InChI is InChI=1S/C16H13FN4O5/c17-13-8-20(16(23)19-14(13)18)11-5-6-12(7-11)26-15(22)9-1-3-10(4-2-9)21(24)25/h1-6,8,11-12H,7H2,(H2,18,19,23)/t11-,12+/m1/s1. The number of nitrogens with two attached hydrogens (primary N) is 1. The van der Waals surface area contributed by atoms with Crippen LogP contribution in [0.15, 0.2) is 47.4 Å². The minimum Gasteiger partial charge on any atom is -0.454 e. The van der Waals surface area contributed by atoms with Gasteiger partial charge in [-0.2, -0.15) is 4.98 Å². The van der Waals surface area contributed by atoms with E-state index in [4.69, 9.17) is 10.5 Å². The molecule has 0 saturated heterocycles. The molecule has 1 aliphatic rings. The second kappa shape index (κ2) is 6.75. The zero-order valence-electron chi connectivity index (χ0n) is 13.2. The Labute approximate surface area is 145 Å². The van der Waals surface area contributed by atoms with Crippen molar-refractivity contribution >= 4 is 17.5 Å². The van der Waals surface area contributed by atoms with Crippen molar-refractivity contribution in [1.82, 2.24) is 9.55 Å². The van der Waals surface area contributed by atoms with Crippen molar-refractivity contribution in [1.29, 1.82) is 0 Å². The van der Waals surface area contributed by atoms with E-state index in [0.717, 1.165) is 10.8 Å². The van der Waals surface area contributed by atoms with E-state index in [1.807, 2.05) is 0 Å². The number of benzene rings is 1. The number of anilines is 1. The minimum atomic E-state index is -0.815. The average Bonchev–Trinajstić information content (AvgIpc) is 3.06. The molecule has 1 aromatic heterocycles. The third-order valence-electron chi connectivity index (χ3n) is 3.89. The number of aromatic nitrogens is 2. The van der Waals surface area contributed by atoms with Gasteiger partial charge in [0.05, 0.1) is 16.5 Å². The molecule has 0 radical (unpaired) electrons. The molecule has 0 fully saturated rings. The van der Waals surface area contributed by atoms with E-state index in [1.165, 1.54) is 24.3 Å². The van der Waals surface area contributed by atoms with Gasteiger partial charge in [0.2, 0.25) is 0 Å². The molecule has 0 saturated carbocycles. The van der Waals surface area contributed by atoms with Gasteiger partial charge in [-0.3, -0.25) is 14.7 Å². The molecule has 2 atom stereocenters. The summed E-state index contributed by atoms with van der Waals surface area (Å²) in [4.78, 5) is 37.4. The average molecular weight is 360 g/mol. The first-order valence-electron chi connectivity index (χ1n) is 7.53. The predicted molar refractivity (Wildman–Crippen MR) is 88.0 cm³/mol. The van der Waals surface area contributed by atoms with E-state index in [1.54, 1.807) is 12.2 Å². The van der Waals surface area contributed by atoms with Gasteiger partial charge in [0.1, 0.15) is 6.10 Å². The van der Waals surface area contributed by atoms with Gasteiger partial charge in [0, 0.05) is 24.8 Å². The van der Waals surface area contributed by atoms with Crippen molar-refractivity contribution in [3.8, 4) is 0 Å². The number of allylic oxidation sites excluding steroid dienone is 1. The van der Waals surface area contributed by atoms with Crippen molar-refractivity contribution in [3.63, 3.8) is 0 Å². The number of carbonyl (C=O) groups is 1. The largest absolute Gasteiger partial charge is 0.454 e. The summed E-state index contributed by atoms with van der Waals surface area (Å²) in [6.45, 7) is 0. The molecule has 10 heteroatoms. The number of esters is 1. The Hall–Kier alpha value is -3.56. The molecule has 2 N–H and O–H groups in total. The summed E-state index contributed by atoms with van der Waals surface area (Å²) < 4.78 is 19.9. The summed E-state index contributed by atoms with van der Waals surface area (Å²) in [6, 6.07) is 4.46. The lowest BCUT2D eigenvalue weighted by Gasteiger charge is -2.15. The Morgan fingerprint density at radius 1 is 1.35 bits per heavy atom. The number of nitrogen functional groups attached to an aromatic ring is 1. The summed E-state index contributed by atoms with van der Waals surface area (Å²) in [7, 11) is 0. The number of nitrogens with zero attached hydrogens (tertiary/aromatic N) is 3. The quantitative estimate of drug-likeness (QED) is 0.379. The number of ether oxygens (including phenoxy) is 1. The molecule has 0 bridgehead atoms. The van der Waals surface area contributed by atoms with Crippen LogP contribution >= 0.6 is 0 Å². The van der Waals surface area contributed by atoms with Gasteiger partial charge in [-0.15, -0.1) is 0 Å². The number of nitro groups is 1. The van der Waals surface area contributed by atoms with Crippen molar-refractivity contribution in [2.45, 2.75) is 18.6 Å². The van der Waals surface area contributed by atoms with E-state index in [9.17, 15) is 24.1 Å². The van der Waals surface area contributed by atoms with Crippen molar-refractivity contribution in [2.75, 3.05) is 5.73 Å². The van der Waals surface area contributed by atoms with Crippen LogP contribution in [0.3, 0.4) is 0 Å². The molecule has 0 aliphatic heterocycles. The van der Waals surface area contributed by atoms with E-state index in [2.05, 4.69) is 4.98 Å². The Kier molecular flexibility index (Phi) is 4.48. The van der Waals surface area contributed by atoms with Crippen LogP contribution in [0.1, 0.15) is 22.8 Å². The van der Waals surface area contributed by atoms with E-state index in [0.29, 0.717) is 0 Å². The van der Waals surface area contributed by atoms with Crippen LogP contribution in [0.25, 0.3) is 0 Å². The highest BCUT2D eigenvalue weighted by Gasteiger charge is 2.25. The number of carbonyl (C=O) groups excluding carboxylic acids is 1. The van der Waals surface area contributed by atoms with Gasteiger partial charge >= 0.3 is 11.7 Å². The normalized spacial score (nSPS) is 18.7. The van der Waals surface area contributed by atoms with Gasteiger partial charge in [-0.1, -0.05) is 6.08 Å². The van der Waals surface area contributed by atoms with Gasteiger partial charge in [-0.25, -0.2) is 14.0 Å². The van der Waals surface area contributed by atoms with Crippen LogP contribution in [-0.4, -0.2) is 26.5 Å². The van der Waals surface area contributed by atoms with Crippen LogP contribution in [0, 0.1) is 15.9 Å². The molecule has 0 amide bonds. The molecule has 134 valence electrons. The second-order valence-corrected chi connectivity index (χ2v) is 5.60. The van der Waals surface area contributed by atoms with E-state index in [-0.39, 0.29) is 17.7 Å². The maximum absolute atomic E-state index is 13.5. The Balaban J connectivity index is 1.67. The lowest BCUT2D eigenvalue weighted by molar-refractivity contribution is -0.384. The predicted octanol–water partition coefficient (Wildman–Crippen LogP) is 1.60. The van der Waals surface area contributed by atoms with Gasteiger partial charge in [-0.05, 0) is 18.2 Å². The number of non-ortho nitro benzene ring substituents is 1. The zero-order chi connectivity index (χ0) is 18.8. The molecule has 1 aliphatic carbocycles. The molecule has 0 spiro atoms. The fraction of sp³-hybridized carbons (Fsp3) is 0.188. The molecular weight excluding hydrogens is 347 g/mol. The smallest absolute Gasteiger partial charge is 0.350 e. The second-order valence-electron chi connectivity index (χ2n) is 5.60. The molecule has 1 aromatic carbocycles. The number of rotatable bonds is 4.